The third-order valence-corrected chi connectivity index (χ3v) is 11.1. The van der Waals surface area contributed by atoms with Crippen LogP contribution in [0.4, 0.5) is 28.4 Å². The van der Waals surface area contributed by atoms with Gasteiger partial charge in [-0.3, -0.25) is 9.36 Å². The normalized spacial score (nSPS) is 17.8. The van der Waals surface area contributed by atoms with Crippen LogP contribution in [0.25, 0.3) is 32.1 Å². The largest absolute Gasteiger partial charge is 0.417 e. The minimum atomic E-state index is -4.88. The van der Waals surface area contributed by atoms with E-state index in [0.717, 1.165) is 23.5 Å². The molecular formula is C30H24F4N6O3S2. The number of carbonyl (C=O) groups is 1. The Kier molecular flexibility index (Phi) is 6.88. The second-order valence-corrected chi connectivity index (χ2v) is 13.4. The number of anilines is 2. The molecule has 5 heterocycles. The molecule has 45 heavy (non-hydrogen) atoms. The summed E-state index contributed by atoms with van der Waals surface area (Å²) in [6.07, 6.45) is -3.68. The summed E-state index contributed by atoms with van der Waals surface area (Å²) in [6, 6.07) is 5.26. The van der Waals surface area contributed by atoms with Gasteiger partial charge in [-0.25, -0.2) is 9.18 Å². The van der Waals surface area contributed by atoms with Crippen LogP contribution in [0.15, 0.2) is 40.5 Å². The van der Waals surface area contributed by atoms with Gasteiger partial charge in [-0.15, -0.1) is 23.1 Å². The summed E-state index contributed by atoms with van der Waals surface area (Å²) in [6.45, 7) is 5.38. The van der Waals surface area contributed by atoms with Crippen molar-refractivity contribution in [3.63, 3.8) is 0 Å². The van der Waals surface area contributed by atoms with E-state index in [9.17, 15) is 14.9 Å². The number of nitrogens with two attached hydrogens (primary N) is 1. The predicted octanol–water partition coefficient (Wildman–Crippen LogP) is 4.85. The molecule has 2 fully saturated rings. The Hall–Kier alpha value is -4.13. The van der Waals surface area contributed by atoms with Crippen LogP contribution in [-0.2, 0) is 22.3 Å². The van der Waals surface area contributed by atoms with Crippen molar-refractivity contribution < 1.29 is 27.1 Å². The lowest BCUT2D eigenvalue weighted by Gasteiger charge is -2.40. The maximum Gasteiger partial charge on any atom is 0.417 e. The van der Waals surface area contributed by atoms with Gasteiger partial charge < -0.3 is 20.3 Å². The fraction of sp³-hybridized carbons (Fsp3) is 0.333. The van der Waals surface area contributed by atoms with Gasteiger partial charge in [-0.2, -0.15) is 23.4 Å². The van der Waals surface area contributed by atoms with Crippen molar-refractivity contribution in [1.29, 1.82) is 5.26 Å². The number of amides is 1. The smallest absolute Gasteiger partial charge is 0.389 e. The van der Waals surface area contributed by atoms with E-state index in [-0.39, 0.29) is 92.0 Å². The van der Waals surface area contributed by atoms with Crippen molar-refractivity contribution in [1.82, 2.24) is 14.5 Å². The van der Waals surface area contributed by atoms with Crippen LogP contribution in [-0.4, -0.2) is 65.5 Å². The molecule has 232 valence electrons. The van der Waals surface area contributed by atoms with Crippen molar-refractivity contribution >= 4 is 60.8 Å². The van der Waals surface area contributed by atoms with Gasteiger partial charge in [0.2, 0.25) is 5.91 Å². The summed E-state index contributed by atoms with van der Waals surface area (Å²) in [4.78, 5) is 33.7. The number of nitriles is 1. The highest BCUT2D eigenvalue weighted by Gasteiger charge is 2.45. The van der Waals surface area contributed by atoms with Gasteiger partial charge in [0.05, 0.1) is 34.6 Å². The van der Waals surface area contributed by atoms with Crippen LogP contribution >= 0.6 is 23.1 Å². The number of hydrogen-bond donors (Lipinski definition) is 1. The highest BCUT2D eigenvalue weighted by molar-refractivity contribution is 7.99. The first-order chi connectivity index (χ1) is 21.5. The lowest BCUT2D eigenvalue weighted by molar-refractivity contribution is -0.137. The first kappa shape index (κ1) is 29.6. The summed E-state index contributed by atoms with van der Waals surface area (Å²) in [5.74, 6) is -0.515. The molecule has 3 aliphatic rings. The van der Waals surface area contributed by atoms with Crippen LogP contribution in [0.3, 0.4) is 0 Å². The monoisotopic (exact) mass is 656 g/mol. The molecule has 2 aromatic carbocycles. The fourth-order valence-corrected chi connectivity index (χ4v) is 8.74. The number of nitrogen functional groups attached to an aromatic ring is 1. The highest BCUT2D eigenvalue weighted by atomic mass is 32.2. The quantitative estimate of drug-likeness (QED) is 0.246. The number of nitrogens with zero attached hydrogens (tertiary/aromatic N) is 5. The molecule has 1 spiro atoms. The molecule has 2 saturated heterocycles. The molecule has 0 atom stereocenters. The van der Waals surface area contributed by atoms with Crippen LogP contribution in [0.2, 0.25) is 0 Å². The maximum atomic E-state index is 15.2. The average molecular weight is 657 g/mol. The molecule has 1 amide bonds. The van der Waals surface area contributed by atoms with Crippen LogP contribution in [0.1, 0.15) is 11.1 Å². The van der Waals surface area contributed by atoms with Crippen molar-refractivity contribution in [2.75, 3.05) is 55.8 Å². The number of piperazine rings is 1. The molecule has 0 saturated carbocycles. The second-order valence-electron chi connectivity index (χ2n) is 11.4. The molecule has 2 aromatic heterocycles. The van der Waals surface area contributed by atoms with Gasteiger partial charge in [0.15, 0.2) is 0 Å². The Morgan fingerprint density at radius 2 is 1.96 bits per heavy atom. The Balaban J connectivity index is 1.56. The summed E-state index contributed by atoms with van der Waals surface area (Å²) in [7, 11) is 0. The Morgan fingerprint density at radius 3 is 2.58 bits per heavy atom. The van der Waals surface area contributed by atoms with Gasteiger partial charge in [-0.1, -0.05) is 12.6 Å². The number of fused-ring (bicyclic) bond motifs is 1. The highest BCUT2D eigenvalue weighted by Crippen LogP contribution is 2.53. The number of hydrogen-bond acceptors (Lipinski definition) is 9. The number of ether oxygens (including phenoxy) is 1. The number of rotatable bonds is 3. The summed E-state index contributed by atoms with van der Waals surface area (Å²) < 4.78 is 67.4. The lowest BCUT2D eigenvalue weighted by atomic mass is 9.88. The average Bonchev–Trinajstić information content (AvgIpc) is 3.22. The third-order valence-electron chi connectivity index (χ3n) is 8.60. The first-order valence-electron chi connectivity index (χ1n) is 13.9. The molecule has 3 aliphatic heterocycles. The fourth-order valence-electron chi connectivity index (χ4n) is 6.36. The molecule has 0 aliphatic carbocycles. The zero-order chi connectivity index (χ0) is 31.8. The van der Waals surface area contributed by atoms with E-state index >= 15 is 17.6 Å². The number of thioether (sulfide) groups is 1. The van der Waals surface area contributed by atoms with Crippen molar-refractivity contribution in [3.05, 3.63) is 58.3 Å². The minimum absolute atomic E-state index is 0.00109. The summed E-state index contributed by atoms with van der Waals surface area (Å²) in [5.41, 5.74) is 3.85. The molecule has 0 unspecified atom stereocenters. The van der Waals surface area contributed by atoms with Crippen LogP contribution in [0.5, 0.6) is 0 Å². The van der Waals surface area contributed by atoms with E-state index in [2.05, 4.69) is 11.6 Å². The molecule has 7 rings (SSSR count). The van der Waals surface area contributed by atoms with Gasteiger partial charge in [-0.05, 0) is 23.8 Å². The number of aromatic nitrogens is 2. The molecule has 2 N–H and O–H groups in total. The van der Waals surface area contributed by atoms with Crippen molar-refractivity contribution in [3.8, 4) is 17.2 Å². The molecule has 4 aromatic rings. The third kappa shape index (κ3) is 4.57. The van der Waals surface area contributed by atoms with E-state index in [1.165, 1.54) is 28.5 Å². The number of benzene rings is 2. The number of carbonyl (C=O) groups excluding carboxylic acids is 1. The standard InChI is InChI=1S/C30H24F4N6O3S2/c1-2-20(41)38-5-7-39(8-6-38)27-16-9-18(30(32,33)34)22(15-3-4-19(31)24-21(15)17(10-35)26(36)45-24)25-23(16)40(28(42)37-27)11-29(14-44-25)12-43-13-29/h2-4,9H,1,5-8,11-14,36H2. The number of thiophene rings is 1. The van der Waals surface area contributed by atoms with Gasteiger partial charge in [0.25, 0.3) is 0 Å². The van der Waals surface area contributed by atoms with Crippen LogP contribution < -0.4 is 16.3 Å². The Morgan fingerprint density at radius 1 is 1.22 bits per heavy atom. The van der Waals surface area contributed by atoms with E-state index in [4.69, 9.17) is 10.5 Å². The molecule has 0 radical (unpaired) electrons. The van der Waals surface area contributed by atoms with Gasteiger partial charge >= 0.3 is 11.9 Å². The zero-order valence-electron chi connectivity index (χ0n) is 23.5. The van der Waals surface area contributed by atoms with Gasteiger partial charge in [0, 0.05) is 65.1 Å². The lowest BCUT2D eigenvalue weighted by Crippen LogP contribution is -2.50. The van der Waals surface area contributed by atoms with E-state index < -0.39 is 28.7 Å². The van der Waals surface area contributed by atoms with Crippen molar-refractivity contribution in [2.45, 2.75) is 17.6 Å². The Labute approximate surface area is 261 Å². The Bertz CT molecular complexity index is 2040. The molecule has 9 nitrogen and oxygen atoms in total. The van der Waals surface area contributed by atoms with E-state index in [1.54, 1.807) is 9.80 Å². The second kappa shape index (κ2) is 10.5. The molecule has 0 bridgehead atoms. The maximum absolute atomic E-state index is 15.2. The van der Waals surface area contributed by atoms with Crippen molar-refractivity contribution in [2.24, 2.45) is 5.41 Å². The summed E-state index contributed by atoms with van der Waals surface area (Å²) in [5, 5.41) is 10.0. The van der Waals surface area contributed by atoms with E-state index in [0.29, 0.717) is 19.0 Å². The molecule has 15 heteroatoms. The van der Waals surface area contributed by atoms with Crippen LogP contribution in [0, 0.1) is 22.6 Å². The summed E-state index contributed by atoms with van der Waals surface area (Å²) >= 11 is 1.99. The predicted molar refractivity (Wildman–Crippen MR) is 164 cm³/mol. The SMILES string of the molecule is C=CC(=O)N1CCN(c2nc(=O)n3c4c(c(-c5ccc(F)c6sc(N)c(C#N)c56)c(C(F)(F)F)cc24)SCC2(COC2)C3)CC1. The minimum Gasteiger partial charge on any atom is -0.389 e. The van der Waals surface area contributed by atoms with Gasteiger partial charge in [0.1, 0.15) is 22.7 Å². The number of alkyl halides is 3. The topological polar surface area (TPSA) is 117 Å². The number of halogens is 4. The molecular weight excluding hydrogens is 632 g/mol. The first-order valence-corrected chi connectivity index (χ1v) is 15.7. The van der Waals surface area contributed by atoms with E-state index in [1.807, 2.05) is 6.07 Å². The zero-order valence-corrected chi connectivity index (χ0v) is 25.2.